The highest BCUT2D eigenvalue weighted by Gasteiger charge is 2.27. The first-order valence-corrected chi connectivity index (χ1v) is 8.19. The van der Waals surface area contributed by atoms with E-state index in [0.29, 0.717) is 6.42 Å². The molecular formula is C18H25N3O2. The first-order valence-electron chi connectivity index (χ1n) is 8.19. The Kier molecular flexibility index (Phi) is 4.80. The van der Waals surface area contributed by atoms with Crippen LogP contribution in [-0.2, 0) is 6.54 Å². The zero-order chi connectivity index (χ0) is 16.4. The predicted molar refractivity (Wildman–Crippen MR) is 90.0 cm³/mol. The minimum atomic E-state index is -0.390. The van der Waals surface area contributed by atoms with Crippen LogP contribution in [0.1, 0.15) is 23.1 Å². The summed E-state index contributed by atoms with van der Waals surface area (Å²) in [4.78, 5) is 2.28. The molecule has 1 fully saturated rings. The number of likely N-dealkylation sites (tertiary alicyclic amines) is 1. The van der Waals surface area contributed by atoms with Crippen LogP contribution in [0.15, 0.2) is 24.4 Å². The lowest BCUT2D eigenvalue weighted by molar-refractivity contribution is -0.00196. The second-order valence-corrected chi connectivity index (χ2v) is 6.62. The van der Waals surface area contributed by atoms with Crippen molar-refractivity contribution >= 4 is 0 Å². The summed E-state index contributed by atoms with van der Waals surface area (Å²) in [6, 6.07) is 6.43. The van der Waals surface area contributed by atoms with Gasteiger partial charge in [-0.15, -0.1) is 0 Å². The summed E-state index contributed by atoms with van der Waals surface area (Å²) in [5.41, 5.74) is 5.87. The maximum absolute atomic E-state index is 9.91. The van der Waals surface area contributed by atoms with Gasteiger partial charge in [0.25, 0.3) is 0 Å². The molecule has 1 aliphatic heterocycles. The van der Waals surface area contributed by atoms with Crippen molar-refractivity contribution in [1.82, 2.24) is 15.1 Å². The van der Waals surface area contributed by atoms with Gasteiger partial charge in [0.15, 0.2) is 0 Å². The lowest BCUT2D eigenvalue weighted by atomic mass is 9.94. The Morgan fingerprint density at radius 3 is 2.96 bits per heavy atom. The molecule has 1 aromatic carbocycles. The van der Waals surface area contributed by atoms with Gasteiger partial charge < -0.3 is 10.2 Å². The SMILES string of the molecule is Cc1ccc(C)c(-c2[nH]ncc2CN2CC[C@H](O)[C@H](CO)C2)c1. The Morgan fingerprint density at radius 2 is 2.17 bits per heavy atom. The van der Waals surface area contributed by atoms with Gasteiger partial charge >= 0.3 is 0 Å². The summed E-state index contributed by atoms with van der Waals surface area (Å²) in [6.07, 6.45) is 2.21. The Hall–Kier alpha value is -1.69. The molecule has 2 atom stereocenters. The molecule has 1 aliphatic rings. The minimum absolute atomic E-state index is 0.0346. The van der Waals surface area contributed by atoms with Gasteiger partial charge in [-0.1, -0.05) is 17.7 Å². The lowest BCUT2D eigenvalue weighted by Crippen LogP contribution is -2.44. The summed E-state index contributed by atoms with van der Waals surface area (Å²) < 4.78 is 0. The number of H-pyrrole nitrogens is 1. The molecule has 3 rings (SSSR count). The normalized spacial score (nSPS) is 22.4. The number of benzene rings is 1. The number of nitrogens with one attached hydrogen (secondary N) is 1. The van der Waals surface area contributed by atoms with E-state index < -0.39 is 0 Å². The number of piperidine rings is 1. The number of aliphatic hydroxyl groups is 2. The van der Waals surface area contributed by atoms with Gasteiger partial charge in [0.05, 0.1) is 18.0 Å². The van der Waals surface area contributed by atoms with Crippen molar-refractivity contribution in [2.75, 3.05) is 19.7 Å². The highest BCUT2D eigenvalue weighted by molar-refractivity contribution is 5.67. The summed E-state index contributed by atoms with van der Waals surface area (Å²) in [5, 5.41) is 26.7. The van der Waals surface area contributed by atoms with Gasteiger partial charge in [0, 0.05) is 43.3 Å². The van der Waals surface area contributed by atoms with Crippen LogP contribution in [0, 0.1) is 19.8 Å². The second kappa shape index (κ2) is 6.83. The van der Waals surface area contributed by atoms with Gasteiger partial charge in [-0.2, -0.15) is 5.10 Å². The molecule has 3 N–H and O–H groups in total. The van der Waals surface area contributed by atoms with Crippen LogP contribution in [0.4, 0.5) is 0 Å². The molecule has 23 heavy (non-hydrogen) atoms. The number of nitrogens with zero attached hydrogens (tertiary/aromatic N) is 2. The van der Waals surface area contributed by atoms with E-state index in [0.717, 1.165) is 30.9 Å². The minimum Gasteiger partial charge on any atom is -0.396 e. The third kappa shape index (κ3) is 3.47. The molecule has 2 aromatic rings. The smallest absolute Gasteiger partial charge is 0.0698 e. The monoisotopic (exact) mass is 315 g/mol. The fourth-order valence-corrected chi connectivity index (χ4v) is 3.33. The lowest BCUT2D eigenvalue weighted by Gasteiger charge is -2.35. The van der Waals surface area contributed by atoms with E-state index in [1.165, 1.54) is 16.7 Å². The molecule has 1 aromatic heterocycles. The summed E-state index contributed by atoms with van der Waals surface area (Å²) in [5.74, 6) is -0.0557. The first-order chi connectivity index (χ1) is 11.1. The van der Waals surface area contributed by atoms with Crippen LogP contribution >= 0.6 is 0 Å². The molecule has 2 heterocycles. The summed E-state index contributed by atoms with van der Waals surface area (Å²) in [6.45, 7) is 6.58. The zero-order valence-electron chi connectivity index (χ0n) is 13.8. The van der Waals surface area contributed by atoms with Crippen LogP contribution in [0.25, 0.3) is 11.3 Å². The third-order valence-electron chi connectivity index (χ3n) is 4.79. The maximum Gasteiger partial charge on any atom is 0.0698 e. The molecule has 124 valence electrons. The predicted octanol–water partition coefficient (Wildman–Crippen LogP) is 1.87. The van der Waals surface area contributed by atoms with E-state index in [4.69, 9.17) is 0 Å². The number of aryl methyl sites for hydroxylation is 2. The zero-order valence-corrected chi connectivity index (χ0v) is 13.8. The van der Waals surface area contributed by atoms with Crippen LogP contribution in [-0.4, -0.2) is 51.1 Å². The van der Waals surface area contributed by atoms with Crippen molar-refractivity contribution in [1.29, 1.82) is 0 Å². The van der Waals surface area contributed by atoms with Crippen molar-refractivity contribution in [2.45, 2.75) is 32.9 Å². The average Bonchev–Trinajstić information content (AvgIpc) is 2.99. The van der Waals surface area contributed by atoms with E-state index in [1.807, 2.05) is 6.20 Å². The van der Waals surface area contributed by atoms with Gasteiger partial charge in [0.1, 0.15) is 0 Å². The Balaban J connectivity index is 1.80. The van der Waals surface area contributed by atoms with E-state index in [9.17, 15) is 10.2 Å². The number of aliphatic hydroxyl groups excluding tert-OH is 2. The van der Waals surface area contributed by atoms with E-state index in [-0.39, 0.29) is 18.6 Å². The Bertz CT molecular complexity index is 668. The van der Waals surface area contributed by atoms with Gasteiger partial charge in [-0.25, -0.2) is 0 Å². The van der Waals surface area contributed by atoms with E-state index in [1.54, 1.807) is 0 Å². The van der Waals surface area contributed by atoms with Crippen molar-refractivity contribution < 1.29 is 10.2 Å². The molecule has 0 radical (unpaired) electrons. The summed E-state index contributed by atoms with van der Waals surface area (Å²) in [7, 11) is 0. The maximum atomic E-state index is 9.91. The third-order valence-corrected chi connectivity index (χ3v) is 4.79. The molecule has 0 amide bonds. The molecule has 0 saturated carbocycles. The fraction of sp³-hybridized carbons (Fsp3) is 0.500. The average molecular weight is 315 g/mol. The van der Waals surface area contributed by atoms with Gasteiger partial charge in [-0.05, 0) is 31.9 Å². The number of rotatable bonds is 4. The number of hydrogen-bond donors (Lipinski definition) is 3. The van der Waals surface area contributed by atoms with Crippen LogP contribution < -0.4 is 0 Å². The second-order valence-electron chi connectivity index (χ2n) is 6.62. The molecule has 0 unspecified atom stereocenters. The number of aromatic nitrogens is 2. The largest absolute Gasteiger partial charge is 0.396 e. The Labute approximate surface area is 137 Å². The number of aromatic amines is 1. The first kappa shape index (κ1) is 16.2. The highest BCUT2D eigenvalue weighted by Crippen LogP contribution is 2.28. The highest BCUT2D eigenvalue weighted by atomic mass is 16.3. The molecule has 0 bridgehead atoms. The van der Waals surface area contributed by atoms with E-state index >= 15 is 0 Å². The van der Waals surface area contributed by atoms with Crippen LogP contribution in [0.3, 0.4) is 0 Å². The molecule has 1 saturated heterocycles. The number of hydrogen-bond acceptors (Lipinski definition) is 4. The standard InChI is InChI=1S/C18H25N3O2/c1-12-3-4-13(2)16(7-12)18-14(8-19-20-18)9-21-6-5-17(23)15(10-21)11-22/h3-4,7-8,15,17,22-23H,5-6,9-11H2,1-2H3,(H,19,20)/t15-,17-/m0/s1. The topological polar surface area (TPSA) is 72.4 Å². The Morgan fingerprint density at radius 1 is 1.35 bits per heavy atom. The van der Waals surface area contributed by atoms with Crippen molar-refractivity contribution in [3.05, 3.63) is 41.1 Å². The molecular weight excluding hydrogens is 290 g/mol. The quantitative estimate of drug-likeness (QED) is 0.805. The van der Waals surface area contributed by atoms with Gasteiger partial charge in [-0.3, -0.25) is 10.00 Å². The van der Waals surface area contributed by atoms with E-state index in [2.05, 4.69) is 47.1 Å². The summed E-state index contributed by atoms with van der Waals surface area (Å²) >= 11 is 0. The molecule has 5 nitrogen and oxygen atoms in total. The van der Waals surface area contributed by atoms with Crippen molar-refractivity contribution in [2.24, 2.45) is 5.92 Å². The van der Waals surface area contributed by atoms with Crippen molar-refractivity contribution in [3.8, 4) is 11.3 Å². The molecule has 0 spiro atoms. The molecule has 0 aliphatic carbocycles. The molecule has 5 heteroatoms. The van der Waals surface area contributed by atoms with Crippen LogP contribution in [0.5, 0.6) is 0 Å². The fourth-order valence-electron chi connectivity index (χ4n) is 3.33. The van der Waals surface area contributed by atoms with Crippen molar-refractivity contribution in [3.63, 3.8) is 0 Å². The van der Waals surface area contributed by atoms with Gasteiger partial charge in [0.2, 0.25) is 0 Å². The van der Waals surface area contributed by atoms with Crippen LogP contribution in [0.2, 0.25) is 0 Å².